The van der Waals surface area contributed by atoms with E-state index in [1.54, 1.807) is 0 Å². The first-order valence-electron chi connectivity index (χ1n) is 7.40. The molecular weight excluding hydrogens is 264 g/mol. The van der Waals surface area contributed by atoms with Gasteiger partial charge in [-0.25, -0.2) is 0 Å². The Labute approximate surface area is 127 Å². The fraction of sp³-hybridized carbons (Fsp3) is 0.529. The van der Waals surface area contributed by atoms with Crippen LogP contribution in [0.5, 0.6) is 0 Å². The maximum Gasteiger partial charge on any atom is 0.239 e. The minimum atomic E-state index is -0.484. The molecule has 4 heteroatoms. The Morgan fingerprint density at radius 1 is 1.14 bits per heavy atom. The number of aryl methyl sites for hydroxylation is 1. The molecular formula is C17H26N2O2. The summed E-state index contributed by atoms with van der Waals surface area (Å²) in [7, 11) is 0. The number of hydrogen-bond acceptors (Lipinski definition) is 2. The van der Waals surface area contributed by atoms with Crippen molar-refractivity contribution in [3.8, 4) is 0 Å². The molecule has 0 bridgehead atoms. The van der Waals surface area contributed by atoms with E-state index in [-0.39, 0.29) is 24.4 Å². The topological polar surface area (TPSA) is 58.2 Å². The van der Waals surface area contributed by atoms with Crippen molar-refractivity contribution >= 4 is 11.8 Å². The summed E-state index contributed by atoms with van der Waals surface area (Å²) in [5.41, 5.74) is 1.85. The highest BCUT2D eigenvalue weighted by molar-refractivity contribution is 5.87. The van der Waals surface area contributed by atoms with Gasteiger partial charge >= 0.3 is 0 Å². The molecule has 0 spiro atoms. The van der Waals surface area contributed by atoms with E-state index in [1.165, 1.54) is 5.56 Å². The average molecular weight is 290 g/mol. The van der Waals surface area contributed by atoms with Crippen LogP contribution in [0, 0.1) is 5.41 Å². The normalized spacial score (nSPS) is 12.6. The van der Waals surface area contributed by atoms with Crippen LogP contribution in [0.3, 0.4) is 0 Å². The first-order valence-corrected chi connectivity index (χ1v) is 7.40. The second kappa shape index (κ2) is 7.25. The van der Waals surface area contributed by atoms with E-state index in [9.17, 15) is 9.59 Å². The number of benzene rings is 1. The summed E-state index contributed by atoms with van der Waals surface area (Å²) < 4.78 is 0. The van der Waals surface area contributed by atoms with Crippen LogP contribution in [0.2, 0.25) is 0 Å². The number of carbonyl (C=O) groups is 2. The molecule has 4 nitrogen and oxygen atoms in total. The highest BCUT2D eigenvalue weighted by atomic mass is 16.2. The molecule has 0 saturated carbocycles. The van der Waals surface area contributed by atoms with Gasteiger partial charge < -0.3 is 10.6 Å². The van der Waals surface area contributed by atoms with Gasteiger partial charge in [0.05, 0.1) is 12.6 Å². The molecule has 2 N–H and O–H groups in total. The molecule has 0 radical (unpaired) electrons. The Hall–Kier alpha value is -1.84. The minimum Gasteiger partial charge on any atom is -0.348 e. The van der Waals surface area contributed by atoms with E-state index in [0.717, 1.165) is 12.0 Å². The van der Waals surface area contributed by atoms with Crippen molar-refractivity contribution in [3.63, 3.8) is 0 Å². The van der Waals surface area contributed by atoms with Crippen LogP contribution in [-0.4, -0.2) is 18.4 Å². The lowest BCUT2D eigenvalue weighted by Gasteiger charge is -2.19. The fourth-order valence-electron chi connectivity index (χ4n) is 1.84. The predicted octanol–water partition coefficient (Wildman–Crippen LogP) is 2.59. The molecule has 0 aliphatic rings. The first kappa shape index (κ1) is 17.2. The third-order valence-corrected chi connectivity index (χ3v) is 3.36. The van der Waals surface area contributed by atoms with Crippen molar-refractivity contribution < 1.29 is 9.59 Å². The van der Waals surface area contributed by atoms with Gasteiger partial charge in [-0.1, -0.05) is 52.0 Å². The molecule has 1 rings (SSSR count). The van der Waals surface area contributed by atoms with Crippen LogP contribution in [0.1, 0.15) is 51.8 Å². The summed E-state index contributed by atoms with van der Waals surface area (Å²) in [6.07, 6.45) is 1.000. The van der Waals surface area contributed by atoms with E-state index in [4.69, 9.17) is 0 Å². The van der Waals surface area contributed by atoms with Crippen LogP contribution in [-0.2, 0) is 16.0 Å². The number of nitrogens with one attached hydrogen (secondary N) is 2. The van der Waals surface area contributed by atoms with E-state index < -0.39 is 5.41 Å². The van der Waals surface area contributed by atoms with E-state index in [2.05, 4.69) is 29.7 Å². The van der Waals surface area contributed by atoms with Crippen LogP contribution >= 0.6 is 0 Å². The molecule has 1 aromatic carbocycles. The quantitative estimate of drug-likeness (QED) is 0.875. The second-order valence-corrected chi connectivity index (χ2v) is 6.32. The lowest BCUT2D eigenvalue weighted by Crippen LogP contribution is -2.42. The van der Waals surface area contributed by atoms with Crippen molar-refractivity contribution in [2.45, 2.75) is 47.1 Å². The summed E-state index contributed by atoms with van der Waals surface area (Å²) in [5, 5.41) is 5.53. The Morgan fingerprint density at radius 2 is 1.71 bits per heavy atom. The van der Waals surface area contributed by atoms with Crippen LogP contribution in [0.4, 0.5) is 0 Å². The summed E-state index contributed by atoms with van der Waals surface area (Å²) in [6.45, 7) is 9.50. The van der Waals surface area contributed by atoms with Crippen LogP contribution in [0.25, 0.3) is 0 Å². The summed E-state index contributed by atoms with van der Waals surface area (Å²) >= 11 is 0. The van der Waals surface area contributed by atoms with Gasteiger partial charge in [-0.15, -0.1) is 0 Å². The molecule has 0 heterocycles. The van der Waals surface area contributed by atoms with Crippen molar-refractivity contribution in [2.24, 2.45) is 5.41 Å². The molecule has 1 aromatic rings. The standard InChI is InChI=1S/C17H26N2O2/c1-6-13-7-9-14(10-8-13)12(2)19-15(20)11-18-16(21)17(3,4)5/h7-10,12H,6,11H2,1-5H3,(H,18,21)(H,19,20). The van der Waals surface area contributed by atoms with Crippen LogP contribution < -0.4 is 10.6 Å². The third kappa shape index (κ3) is 5.58. The van der Waals surface area contributed by atoms with Gasteiger partial charge in [0.25, 0.3) is 0 Å². The Kier molecular flexibility index (Phi) is 5.94. The van der Waals surface area contributed by atoms with Gasteiger partial charge in [0.1, 0.15) is 0 Å². The first-order chi connectivity index (χ1) is 9.74. The summed E-state index contributed by atoms with van der Waals surface area (Å²) in [5.74, 6) is -0.308. The second-order valence-electron chi connectivity index (χ2n) is 6.32. The summed E-state index contributed by atoms with van der Waals surface area (Å²) in [6, 6.07) is 8.11. The van der Waals surface area contributed by atoms with Crippen molar-refractivity contribution in [1.29, 1.82) is 0 Å². The lowest BCUT2D eigenvalue weighted by molar-refractivity contribution is -0.131. The molecule has 0 aromatic heterocycles. The average Bonchev–Trinajstić information content (AvgIpc) is 2.43. The Bertz CT molecular complexity index is 487. The van der Waals surface area contributed by atoms with Crippen molar-refractivity contribution in [2.75, 3.05) is 6.54 Å². The highest BCUT2D eigenvalue weighted by Crippen LogP contribution is 2.14. The maximum atomic E-state index is 11.9. The molecule has 1 unspecified atom stereocenters. The van der Waals surface area contributed by atoms with E-state index >= 15 is 0 Å². The number of hydrogen-bond donors (Lipinski definition) is 2. The molecule has 0 aliphatic heterocycles. The SMILES string of the molecule is CCc1ccc(C(C)NC(=O)CNC(=O)C(C)(C)C)cc1. The van der Waals surface area contributed by atoms with Gasteiger partial charge in [0, 0.05) is 5.41 Å². The highest BCUT2D eigenvalue weighted by Gasteiger charge is 2.21. The minimum absolute atomic E-state index is 0.00743. The monoisotopic (exact) mass is 290 g/mol. The number of carbonyl (C=O) groups excluding carboxylic acids is 2. The largest absolute Gasteiger partial charge is 0.348 e. The number of amides is 2. The zero-order valence-electron chi connectivity index (χ0n) is 13.6. The van der Waals surface area contributed by atoms with Crippen molar-refractivity contribution in [1.82, 2.24) is 10.6 Å². The Balaban J connectivity index is 2.48. The zero-order chi connectivity index (χ0) is 16.0. The van der Waals surface area contributed by atoms with Gasteiger partial charge in [0.15, 0.2) is 0 Å². The van der Waals surface area contributed by atoms with Gasteiger partial charge in [-0.3, -0.25) is 9.59 Å². The number of rotatable bonds is 5. The molecule has 21 heavy (non-hydrogen) atoms. The van der Waals surface area contributed by atoms with Gasteiger partial charge in [-0.05, 0) is 24.5 Å². The van der Waals surface area contributed by atoms with E-state index in [0.29, 0.717) is 0 Å². The fourth-order valence-corrected chi connectivity index (χ4v) is 1.84. The maximum absolute atomic E-state index is 11.9. The molecule has 0 saturated heterocycles. The molecule has 0 aliphatic carbocycles. The van der Waals surface area contributed by atoms with Gasteiger partial charge in [0.2, 0.25) is 11.8 Å². The molecule has 116 valence electrons. The Morgan fingerprint density at radius 3 is 2.19 bits per heavy atom. The summed E-state index contributed by atoms with van der Waals surface area (Å²) in [4.78, 5) is 23.6. The van der Waals surface area contributed by atoms with Crippen LogP contribution in [0.15, 0.2) is 24.3 Å². The smallest absolute Gasteiger partial charge is 0.239 e. The van der Waals surface area contributed by atoms with Gasteiger partial charge in [-0.2, -0.15) is 0 Å². The molecule has 2 amide bonds. The lowest BCUT2D eigenvalue weighted by atomic mass is 9.96. The predicted molar refractivity (Wildman–Crippen MR) is 84.8 cm³/mol. The third-order valence-electron chi connectivity index (χ3n) is 3.36. The molecule has 1 atom stereocenters. The zero-order valence-corrected chi connectivity index (χ0v) is 13.6. The van der Waals surface area contributed by atoms with Crippen molar-refractivity contribution in [3.05, 3.63) is 35.4 Å². The van der Waals surface area contributed by atoms with E-state index in [1.807, 2.05) is 39.8 Å². The molecule has 0 fully saturated rings.